The molecule has 6 nitrogen and oxygen atoms in total. The standard InChI is InChI=1S/C15H18N4O2/c20-15(8-12-11-21-7-6-16-12)18-13-9-17-19(10-13)14-4-2-1-3-5-14/h1-5,9-10,12,16H,6-8,11H2,(H,18,20). The zero-order valence-electron chi connectivity index (χ0n) is 11.7. The van der Waals surface area contributed by atoms with Crippen molar-refractivity contribution >= 4 is 11.6 Å². The van der Waals surface area contributed by atoms with Gasteiger partial charge in [0.05, 0.1) is 37.0 Å². The number of ether oxygens (including phenoxy) is 1. The summed E-state index contributed by atoms with van der Waals surface area (Å²) in [5, 5.41) is 10.4. The Balaban J connectivity index is 1.58. The van der Waals surface area contributed by atoms with Crippen molar-refractivity contribution < 1.29 is 9.53 Å². The highest BCUT2D eigenvalue weighted by atomic mass is 16.5. The third kappa shape index (κ3) is 3.68. The Bertz CT molecular complexity index is 591. The lowest BCUT2D eigenvalue weighted by molar-refractivity contribution is -0.117. The van der Waals surface area contributed by atoms with Crippen molar-refractivity contribution in [3.8, 4) is 5.69 Å². The van der Waals surface area contributed by atoms with Crippen LogP contribution in [0.5, 0.6) is 0 Å². The van der Waals surface area contributed by atoms with Crippen LogP contribution in [-0.2, 0) is 9.53 Å². The van der Waals surface area contributed by atoms with E-state index in [1.54, 1.807) is 17.1 Å². The number of carbonyl (C=O) groups excluding carboxylic acids is 1. The molecule has 6 heteroatoms. The normalized spacial score (nSPS) is 18.4. The van der Waals surface area contributed by atoms with Gasteiger partial charge >= 0.3 is 0 Å². The molecule has 1 amide bonds. The number of nitrogens with one attached hydrogen (secondary N) is 2. The van der Waals surface area contributed by atoms with Crippen LogP contribution in [0.15, 0.2) is 42.7 Å². The van der Waals surface area contributed by atoms with Gasteiger partial charge in [-0.3, -0.25) is 4.79 Å². The fourth-order valence-electron chi connectivity index (χ4n) is 2.30. The minimum atomic E-state index is -0.0365. The van der Waals surface area contributed by atoms with E-state index in [0.29, 0.717) is 25.3 Å². The summed E-state index contributed by atoms with van der Waals surface area (Å²) in [6, 6.07) is 9.86. The molecule has 0 saturated carbocycles. The number of morpholine rings is 1. The van der Waals surface area contributed by atoms with Crippen molar-refractivity contribution in [2.24, 2.45) is 0 Å². The average molecular weight is 286 g/mol. The Hall–Kier alpha value is -2.18. The molecule has 1 atom stereocenters. The maximum atomic E-state index is 12.0. The molecule has 0 bridgehead atoms. The molecule has 1 aromatic heterocycles. The Kier molecular flexibility index (Phi) is 4.28. The lowest BCUT2D eigenvalue weighted by atomic mass is 10.2. The summed E-state index contributed by atoms with van der Waals surface area (Å²) in [5.41, 5.74) is 1.65. The first-order valence-corrected chi connectivity index (χ1v) is 7.02. The van der Waals surface area contributed by atoms with E-state index in [4.69, 9.17) is 4.74 Å². The summed E-state index contributed by atoms with van der Waals surface area (Å²) in [5.74, 6) is -0.0365. The van der Waals surface area contributed by atoms with Crippen molar-refractivity contribution in [2.75, 3.05) is 25.1 Å². The largest absolute Gasteiger partial charge is 0.378 e. The summed E-state index contributed by atoms with van der Waals surface area (Å²) < 4.78 is 7.07. The number of nitrogens with zero attached hydrogens (tertiary/aromatic N) is 2. The van der Waals surface area contributed by atoms with Gasteiger partial charge in [-0.2, -0.15) is 5.10 Å². The zero-order valence-corrected chi connectivity index (χ0v) is 11.7. The van der Waals surface area contributed by atoms with Crippen molar-refractivity contribution in [1.29, 1.82) is 0 Å². The predicted molar refractivity (Wildman–Crippen MR) is 79.4 cm³/mol. The van der Waals surface area contributed by atoms with Crippen molar-refractivity contribution in [2.45, 2.75) is 12.5 Å². The minimum Gasteiger partial charge on any atom is -0.378 e. The van der Waals surface area contributed by atoms with Gasteiger partial charge in [0.2, 0.25) is 5.91 Å². The van der Waals surface area contributed by atoms with Crippen LogP contribution in [0, 0.1) is 0 Å². The maximum Gasteiger partial charge on any atom is 0.226 e. The van der Waals surface area contributed by atoms with Crippen LogP contribution in [0.1, 0.15) is 6.42 Å². The number of hydrogen-bond acceptors (Lipinski definition) is 4. The average Bonchev–Trinajstić information content (AvgIpc) is 2.97. The minimum absolute atomic E-state index is 0.0365. The second kappa shape index (κ2) is 6.51. The lowest BCUT2D eigenvalue weighted by Crippen LogP contribution is -2.43. The second-order valence-corrected chi connectivity index (χ2v) is 4.99. The highest BCUT2D eigenvalue weighted by Crippen LogP contribution is 2.12. The molecule has 0 aliphatic carbocycles. The van der Waals surface area contributed by atoms with Crippen LogP contribution in [0.2, 0.25) is 0 Å². The van der Waals surface area contributed by atoms with E-state index in [9.17, 15) is 4.79 Å². The van der Waals surface area contributed by atoms with Crippen molar-refractivity contribution in [3.63, 3.8) is 0 Å². The fraction of sp³-hybridized carbons (Fsp3) is 0.333. The number of benzene rings is 1. The van der Waals surface area contributed by atoms with Crippen LogP contribution >= 0.6 is 0 Å². The quantitative estimate of drug-likeness (QED) is 0.886. The summed E-state index contributed by atoms with van der Waals surface area (Å²) in [7, 11) is 0. The van der Waals surface area contributed by atoms with E-state index in [-0.39, 0.29) is 11.9 Å². The number of rotatable bonds is 4. The van der Waals surface area contributed by atoms with Gasteiger partial charge in [-0.05, 0) is 12.1 Å². The molecule has 3 rings (SSSR count). The molecular formula is C15H18N4O2. The van der Waals surface area contributed by atoms with Gasteiger partial charge in [0.1, 0.15) is 0 Å². The molecule has 1 saturated heterocycles. The van der Waals surface area contributed by atoms with Crippen molar-refractivity contribution in [1.82, 2.24) is 15.1 Å². The smallest absolute Gasteiger partial charge is 0.226 e. The number of anilines is 1. The summed E-state index contributed by atoms with van der Waals surface area (Å²) >= 11 is 0. The van der Waals surface area contributed by atoms with E-state index in [1.807, 2.05) is 30.3 Å². The Morgan fingerprint density at radius 2 is 2.29 bits per heavy atom. The molecule has 21 heavy (non-hydrogen) atoms. The number of para-hydroxylation sites is 1. The Morgan fingerprint density at radius 3 is 3.05 bits per heavy atom. The van der Waals surface area contributed by atoms with Gasteiger partial charge < -0.3 is 15.4 Å². The highest BCUT2D eigenvalue weighted by Gasteiger charge is 2.17. The molecule has 110 valence electrons. The van der Waals surface area contributed by atoms with Crippen LogP contribution in [-0.4, -0.2) is 41.5 Å². The van der Waals surface area contributed by atoms with E-state index >= 15 is 0 Å². The highest BCUT2D eigenvalue weighted by molar-refractivity contribution is 5.90. The fourth-order valence-corrected chi connectivity index (χ4v) is 2.30. The van der Waals surface area contributed by atoms with Gasteiger partial charge in [-0.15, -0.1) is 0 Å². The van der Waals surface area contributed by atoms with Gasteiger partial charge in [-0.1, -0.05) is 18.2 Å². The molecule has 1 unspecified atom stereocenters. The number of amides is 1. The summed E-state index contributed by atoms with van der Waals surface area (Å²) in [4.78, 5) is 12.0. The van der Waals surface area contributed by atoms with Gasteiger partial charge in [-0.25, -0.2) is 4.68 Å². The molecule has 1 fully saturated rings. The van der Waals surface area contributed by atoms with Gasteiger partial charge in [0.15, 0.2) is 0 Å². The zero-order chi connectivity index (χ0) is 14.5. The summed E-state index contributed by atoms with van der Waals surface area (Å²) in [6.45, 7) is 2.09. The predicted octanol–water partition coefficient (Wildman–Crippen LogP) is 1.19. The molecule has 2 aromatic rings. The van der Waals surface area contributed by atoms with Crippen LogP contribution in [0.4, 0.5) is 5.69 Å². The SMILES string of the molecule is O=C(CC1COCCN1)Nc1cnn(-c2ccccc2)c1. The second-order valence-electron chi connectivity index (χ2n) is 4.99. The number of hydrogen-bond donors (Lipinski definition) is 2. The molecule has 2 heterocycles. The first kappa shape index (κ1) is 13.8. The Labute approximate surface area is 123 Å². The molecule has 1 aliphatic heterocycles. The number of aromatic nitrogens is 2. The lowest BCUT2D eigenvalue weighted by Gasteiger charge is -2.23. The van der Waals surface area contributed by atoms with Crippen molar-refractivity contribution in [3.05, 3.63) is 42.7 Å². The van der Waals surface area contributed by atoms with E-state index < -0.39 is 0 Å². The molecule has 1 aromatic carbocycles. The first-order chi connectivity index (χ1) is 10.3. The number of carbonyl (C=O) groups is 1. The third-order valence-electron chi connectivity index (χ3n) is 3.32. The monoisotopic (exact) mass is 286 g/mol. The maximum absolute atomic E-state index is 12.0. The molecular weight excluding hydrogens is 268 g/mol. The van der Waals surface area contributed by atoms with E-state index in [2.05, 4.69) is 15.7 Å². The van der Waals surface area contributed by atoms with Gasteiger partial charge in [0.25, 0.3) is 0 Å². The van der Waals surface area contributed by atoms with Gasteiger partial charge in [0, 0.05) is 19.0 Å². The molecule has 0 radical (unpaired) electrons. The third-order valence-corrected chi connectivity index (χ3v) is 3.32. The molecule has 1 aliphatic rings. The molecule has 2 N–H and O–H groups in total. The van der Waals surface area contributed by atoms with E-state index in [1.165, 1.54) is 0 Å². The van der Waals surface area contributed by atoms with E-state index in [0.717, 1.165) is 12.2 Å². The molecule has 0 spiro atoms. The van der Waals surface area contributed by atoms with Crippen LogP contribution < -0.4 is 10.6 Å². The Morgan fingerprint density at radius 1 is 1.43 bits per heavy atom. The first-order valence-electron chi connectivity index (χ1n) is 7.02. The van der Waals surface area contributed by atoms with Crippen LogP contribution in [0.3, 0.4) is 0 Å². The topological polar surface area (TPSA) is 68.2 Å². The summed E-state index contributed by atoms with van der Waals surface area (Å²) in [6.07, 6.45) is 3.85. The van der Waals surface area contributed by atoms with Crippen LogP contribution in [0.25, 0.3) is 5.69 Å².